The smallest absolute Gasteiger partial charge is 0.271 e. The fraction of sp³-hybridized carbons (Fsp3) is 0.500. The van der Waals surface area contributed by atoms with Crippen molar-refractivity contribution in [2.75, 3.05) is 50.8 Å². The fourth-order valence-electron chi connectivity index (χ4n) is 4.95. The minimum atomic E-state index is -0.141. The number of nitrogens with zero attached hydrogens (tertiary/aromatic N) is 5. The molecule has 3 heterocycles. The lowest BCUT2D eigenvalue weighted by Crippen LogP contribution is -2.63. The van der Waals surface area contributed by atoms with Crippen LogP contribution in [0, 0.1) is 6.57 Å². The molecule has 4 rings (SSSR count). The largest absolute Gasteiger partial charge is 0.381 e. The van der Waals surface area contributed by atoms with E-state index < -0.39 is 0 Å². The lowest BCUT2D eigenvalue weighted by atomic mass is 9.86. The third-order valence-electron chi connectivity index (χ3n) is 6.88. The Morgan fingerprint density at radius 3 is 2.48 bits per heavy atom. The molecule has 0 saturated carbocycles. The van der Waals surface area contributed by atoms with E-state index >= 15 is 0 Å². The Morgan fingerprint density at radius 1 is 1.09 bits per heavy atom. The number of carbonyl (C=O) groups is 1. The normalized spacial score (nSPS) is 19.0. The van der Waals surface area contributed by atoms with Gasteiger partial charge in [0.25, 0.3) is 5.82 Å². The highest BCUT2D eigenvalue weighted by atomic mass is 16.5. The molecule has 2 saturated heterocycles. The van der Waals surface area contributed by atoms with Crippen molar-refractivity contribution in [3.05, 3.63) is 65.5 Å². The molecule has 174 valence electrons. The Labute approximate surface area is 196 Å². The van der Waals surface area contributed by atoms with Gasteiger partial charge in [-0.1, -0.05) is 49.9 Å². The zero-order chi connectivity index (χ0) is 23.1. The number of piperazine rings is 1. The topological polar surface area (TPSA) is 53.3 Å². The van der Waals surface area contributed by atoms with Crippen LogP contribution in [0.1, 0.15) is 31.7 Å². The Hall–Kier alpha value is -2.79. The predicted octanol–water partition coefficient (Wildman–Crippen LogP) is 3.74. The van der Waals surface area contributed by atoms with Crippen molar-refractivity contribution in [2.45, 2.75) is 38.3 Å². The first-order valence-electron chi connectivity index (χ1n) is 11.9. The van der Waals surface area contributed by atoms with Crippen molar-refractivity contribution in [1.29, 1.82) is 0 Å². The van der Waals surface area contributed by atoms with Gasteiger partial charge in [-0.2, -0.15) is 0 Å². The third kappa shape index (κ3) is 5.59. The summed E-state index contributed by atoms with van der Waals surface area (Å²) in [5.74, 6) is 0.930. The van der Waals surface area contributed by atoms with Gasteiger partial charge in [0.15, 0.2) is 0 Å². The molecule has 0 unspecified atom stereocenters. The van der Waals surface area contributed by atoms with Crippen molar-refractivity contribution in [1.82, 2.24) is 14.8 Å². The van der Waals surface area contributed by atoms with Gasteiger partial charge < -0.3 is 9.58 Å². The highest BCUT2D eigenvalue weighted by Crippen LogP contribution is 2.32. The van der Waals surface area contributed by atoms with E-state index in [1.807, 2.05) is 19.1 Å². The molecule has 0 radical (unpaired) electrons. The van der Waals surface area contributed by atoms with Crippen LogP contribution in [0.3, 0.4) is 0 Å². The molecule has 7 nitrogen and oxygen atoms in total. The number of amides is 1. The maximum Gasteiger partial charge on any atom is 0.271 e. The molecule has 0 atom stereocenters. The Bertz CT molecular complexity index is 960. The van der Waals surface area contributed by atoms with Gasteiger partial charge >= 0.3 is 0 Å². The number of hydrogen-bond acceptors (Lipinski definition) is 5. The number of rotatable bonds is 7. The second-order valence-electron chi connectivity index (χ2n) is 8.88. The number of benzene rings is 1. The second kappa shape index (κ2) is 10.9. The Balaban J connectivity index is 1.51. The van der Waals surface area contributed by atoms with E-state index in [0.29, 0.717) is 37.8 Å². The maximum absolute atomic E-state index is 13.0. The molecule has 0 spiro atoms. The standard InChI is InChI=1S/C26H33N5O2/c1-3-25(32)31(24-11-7-10-23(27-2)28-24)21-26(12-18-33-19-13-26)30-16-14-29(15-17-30)20-22-8-5-4-6-9-22/h4-11H,3,12-21H2,1H3. The summed E-state index contributed by atoms with van der Waals surface area (Å²) in [6.07, 6.45) is 2.19. The average Bonchev–Trinajstić information content (AvgIpc) is 2.88. The third-order valence-corrected chi connectivity index (χ3v) is 6.88. The van der Waals surface area contributed by atoms with Crippen LogP contribution >= 0.6 is 0 Å². The number of aromatic nitrogens is 1. The van der Waals surface area contributed by atoms with Crippen LogP contribution in [0.15, 0.2) is 48.5 Å². The van der Waals surface area contributed by atoms with E-state index in [-0.39, 0.29) is 11.4 Å². The number of anilines is 1. The van der Waals surface area contributed by atoms with E-state index in [1.165, 1.54) is 5.56 Å². The van der Waals surface area contributed by atoms with Crippen LogP contribution in [0.4, 0.5) is 11.6 Å². The Kier molecular flexibility index (Phi) is 7.71. The number of pyridine rings is 1. The molecule has 1 amide bonds. The molecular weight excluding hydrogens is 414 g/mol. The van der Waals surface area contributed by atoms with Gasteiger partial charge in [-0.25, -0.2) is 0 Å². The van der Waals surface area contributed by atoms with E-state index in [1.54, 1.807) is 11.0 Å². The van der Waals surface area contributed by atoms with Crippen LogP contribution in [0.25, 0.3) is 4.85 Å². The average molecular weight is 448 g/mol. The summed E-state index contributed by atoms with van der Waals surface area (Å²) in [6, 6.07) is 16.0. The monoisotopic (exact) mass is 447 g/mol. The van der Waals surface area contributed by atoms with Crippen molar-refractivity contribution in [2.24, 2.45) is 0 Å². The van der Waals surface area contributed by atoms with Crippen molar-refractivity contribution < 1.29 is 9.53 Å². The summed E-state index contributed by atoms with van der Waals surface area (Å²) in [7, 11) is 0. The van der Waals surface area contributed by atoms with Gasteiger partial charge in [0.1, 0.15) is 0 Å². The van der Waals surface area contributed by atoms with Gasteiger partial charge in [-0.15, -0.1) is 4.98 Å². The summed E-state index contributed by atoms with van der Waals surface area (Å²) < 4.78 is 5.73. The quantitative estimate of drug-likeness (QED) is 0.605. The minimum absolute atomic E-state index is 0.0400. The molecular formula is C26H33N5O2. The second-order valence-corrected chi connectivity index (χ2v) is 8.88. The first-order chi connectivity index (χ1) is 16.1. The van der Waals surface area contributed by atoms with E-state index in [9.17, 15) is 4.79 Å². The number of carbonyl (C=O) groups excluding carboxylic acids is 1. The highest BCUT2D eigenvalue weighted by Gasteiger charge is 2.42. The first kappa shape index (κ1) is 23.4. The Morgan fingerprint density at radius 2 is 1.82 bits per heavy atom. The molecule has 0 aliphatic carbocycles. The van der Waals surface area contributed by atoms with E-state index in [4.69, 9.17) is 11.3 Å². The molecule has 2 aliphatic rings. The van der Waals surface area contributed by atoms with E-state index in [2.05, 4.69) is 50.0 Å². The fourth-order valence-corrected chi connectivity index (χ4v) is 4.95. The minimum Gasteiger partial charge on any atom is -0.381 e. The van der Waals surface area contributed by atoms with Gasteiger partial charge in [0, 0.05) is 70.5 Å². The lowest BCUT2D eigenvalue weighted by Gasteiger charge is -2.51. The van der Waals surface area contributed by atoms with Crippen LogP contribution in [-0.4, -0.2) is 72.2 Å². The van der Waals surface area contributed by atoms with Gasteiger partial charge in [0.2, 0.25) is 11.7 Å². The summed E-state index contributed by atoms with van der Waals surface area (Å²) in [5, 5.41) is 0. The first-order valence-corrected chi connectivity index (χ1v) is 11.9. The molecule has 1 aromatic heterocycles. The summed E-state index contributed by atoms with van der Waals surface area (Å²) in [4.78, 5) is 27.8. The van der Waals surface area contributed by atoms with E-state index in [0.717, 1.165) is 45.6 Å². The summed E-state index contributed by atoms with van der Waals surface area (Å²) in [6.45, 7) is 16.1. The molecule has 2 aromatic rings. The lowest BCUT2D eigenvalue weighted by molar-refractivity contribution is -0.119. The molecule has 0 N–H and O–H groups in total. The van der Waals surface area contributed by atoms with Crippen LogP contribution in [0.5, 0.6) is 0 Å². The van der Waals surface area contributed by atoms with Gasteiger partial charge in [0.05, 0.1) is 0 Å². The van der Waals surface area contributed by atoms with Crippen LogP contribution in [-0.2, 0) is 16.1 Å². The van der Waals surface area contributed by atoms with Crippen LogP contribution < -0.4 is 4.90 Å². The predicted molar refractivity (Wildman–Crippen MR) is 129 cm³/mol. The van der Waals surface area contributed by atoms with Crippen molar-refractivity contribution >= 4 is 17.5 Å². The highest BCUT2D eigenvalue weighted by molar-refractivity contribution is 5.92. The molecule has 7 heteroatoms. The zero-order valence-corrected chi connectivity index (χ0v) is 19.4. The molecule has 2 fully saturated rings. The molecule has 2 aliphatic heterocycles. The van der Waals surface area contributed by atoms with Gasteiger partial charge in [-0.05, 0) is 24.5 Å². The van der Waals surface area contributed by atoms with Crippen molar-refractivity contribution in [3.63, 3.8) is 0 Å². The van der Waals surface area contributed by atoms with Crippen LogP contribution in [0.2, 0.25) is 0 Å². The van der Waals surface area contributed by atoms with Gasteiger partial charge in [-0.3, -0.25) is 19.5 Å². The zero-order valence-electron chi connectivity index (χ0n) is 19.4. The molecule has 0 bridgehead atoms. The number of ether oxygens (including phenoxy) is 1. The summed E-state index contributed by atoms with van der Waals surface area (Å²) >= 11 is 0. The maximum atomic E-state index is 13.0. The van der Waals surface area contributed by atoms with Crippen molar-refractivity contribution in [3.8, 4) is 0 Å². The molecule has 1 aromatic carbocycles. The molecule has 33 heavy (non-hydrogen) atoms. The SMILES string of the molecule is [C-]#[N+]c1cccc(N(CC2(N3CCN(Cc4ccccc4)CC3)CCOCC2)C(=O)CC)n1. The summed E-state index contributed by atoms with van der Waals surface area (Å²) in [5.41, 5.74) is 1.20. The number of hydrogen-bond donors (Lipinski definition) is 0.